The molecule has 146 valence electrons. The molecule has 0 aromatic heterocycles. The van der Waals surface area contributed by atoms with Crippen molar-refractivity contribution in [3.8, 4) is 5.75 Å². The summed E-state index contributed by atoms with van der Waals surface area (Å²) in [6, 6.07) is 14.2. The van der Waals surface area contributed by atoms with Gasteiger partial charge < -0.3 is 25.6 Å². The number of carbonyl (C=O) groups excluding carboxylic acids is 3. The van der Waals surface area contributed by atoms with E-state index in [4.69, 9.17) is 10.5 Å². The Morgan fingerprint density at radius 3 is 2.46 bits per heavy atom. The normalized spacial score (nSPS) is 15.8. The van der Waals surface area contributed by atoms with Crippen LogP contribution in [-0.4, -0.2) is 49.9 Å². The third-order valence-corrected chi connectivity index (χ3v) is 4.58. The topological polar surface area (TPSA) is 105 Å². The van der Waals surface area contributed by atoms with E-state index < -0.39 is 12.1 Å². The van der Waals surface area contributed by atoms with Gasteiger partial charge in [-0.15, -0.1) is 0 Å². The zero-order chi connectivity index (χ0) is 20.3. The number of nitrogens with zero attached hydrogens (tertiary/aromatic N) is 2. The third-order valence-electron chi connectivity index (χ3n) is 4.58. The van der Waals surface area contributed by atoms with Gasteiger partial charge in [-0.1, -0.05) is 24.3 Å². The van der Waals surface area contributed by atoms with Gasteiger partial charge in [0.2, 0.25) is 5.91 Å². The molecular formula is C20H22N4O4. The summed E-state index contributed by atoms with van der Waals surface area (Å²) in [6.07, 6.45) is -0.468. The number of carbonyl (C=O) groups is 3. The van der Waals surface area contributed by atoms with Gasteiger partial charge in [0.25, 0.3) is 11.8 Å². The fraction of sp³-hybridized carbons (Fsp3) is 0.250. The summed E-state index contributed by atoms with van der Waals surface area (Å²) in [5.41, 5.74) is 7.15. The van der Waals surface area contributed by atoms with Crippen LogP contribution in [-0.2, 0) is 9.59 Å². The molecule has 3 rings (SSSR count). The Balaban J connectivity index is 1.98. The number of ether oxygens (including phenoxy) is 1. The van der Waals surface area contributed by atoms with Crippen LogP contribution in [0.5, 0.6) is 5.75 Å². The number of nitrogens with two attached hydrogens (primary N) is 1. The standard InChI is InChI=1S/C20H22N4O4/c1-22-18(26)11-24-16-6-4-3-5-15(16)20(27)23(2)19(24)13-7-9-14(10-8-13)28-12-17(21)25/h3-10,19H,11-12H2,1-2H3,(H2,21,25)(H,22,26). The lowest BCUT2D eigenvalue weighted by Gasteiger charge is -2.44. The highest BCUT2D eigenvalue weighted by atomic mass is 16.5. The first-order chi connectivity index (χ1) is 13.4. The maximum atomic E-state index is 12.9. The largest absolute Gasteiger partial charge is 0.484 e. The quantitative estimate of drug-likeness (QED) is 0.772. The highest BCUT2D eigenvalue weighted by molar-refractivity contribution is 6.02. The van der Waals surface area contributed by atoms with Gasteiger partial charge in [-0.25, -0.2) is 0 Å². The number of hydrogen-bond acceptors (Lipinski definition) is 5. The van der Waals surface area contributed by atoms with Crippen molar-refractivity contribution in [2.75, 3.05) is 32.1 Å². The molecular weight excluding hydrogens is 360 g/mol. The number of benzene rings is 2. The van der Waals surface area contributed by atoms with Crippen molar-refractivity contribution in [2.24, 2.45) is 5.73 Å². The van der Waals surface area contributed by atoms with Crippen LogP contribution in [0.3, 0.4) is 0 Å². The molecule has 2 aromatic carbocycles. The molecule has 0 saturated heterocycles. The maximum absolute atomic E-state index is 12.9. The van der Waals surface area contributed by atoms with Crippen LogP contribution in [0.4, 0.5) is 5.69 Å². The van der Waals surface area contributed by atoms with Crippen molar-refractivity contribution >= 4 is 23.4 Å². The first kappa shape index (κ1) is 19.2. The van der Waals surface area contributed by atoms with Crippen molar-refractivity contribution < 1.29 is 19.1 Å². The summed E-state index contributed by atoms with van der Waals surface area (Å²) in [7, 11) is 3.28. The van der Waals surface area contributed by atoms with Gasteiger partial charge in [-0.05, 0) is 29.8 Å². The van der Waals surface area contributed by atoms with Crippen LogP contribution in [0.1, 0.15) is 22.1 Å². The highest BCUT2D eigenvalue weighted by Crippen LogP contribution is 2.38. The number of amides is 3. The van der Waals surface area contributed by atoms with Gasteiger partial charge in [0, 0.05) is 14.1 Å². The lowest BCUT2D eigenvalue weighted by atomic mass is 10.0. The number of para-hydroxylation sites is 1. The lowest BCUT2D eigenvalue weighted by Crippen LogP contribution is -2.50. The molecule has 0 radical (unpaired) electrons. The van der Waals surface area contributed by atoms with Crippen molar-refractivity contribution in [3.05, 3.63) is 59.7 Å². The average molecular weight is 382 g/mol. The van der Waals surface area contributed by atoms with Gasteiger partial charge in [0.05, 0.1) is 17.8 Å². The smallest absolute Gasteiger partial charge is 0.257 e. The van der Waals surface area contributed by atoms with Crippen LogP contribution in [0.2, 0.25) is 0 Å². The fourth-order valence-corrected chi connectivity index (χ4v) is 3.25. The molecule has 8 heteroatoms. The zero-order valence-corrected chi connectivity index (χ0v) is 15.7. The molecule has 0 fully saturated rings. The number of primary amides is 1. The van der Waals surface area contributed by atoms with Gasteiger partial charge in [0.15, 0.2) is 6.61 Å². The van der Waals surface area contributed by atoms with Gasteiger partial charge >= 0.3 is 0 Å². The third kappa shape index (κ3) is 3.75. The Labute approximate surface area is 162 Å². The summed E-state index contributed by atoms with van der Waals surface area (Å²) in [4.78, 5) is 39.4. The number of hydrogen-bond donors (Lipinski definition) is 2. The lowest BCUT2D eigenvalue weighted by molar-refractivity contribution is -0.120. The van der Waals surface area contributed by atoms with Crippen molar-refractivity contribution in [1.82, 2.24) is 10.2 Å². The minimum atomic E-state index is -0.560. The van der Waals surface area contributed by atoms with Crippen molar-refractivity contribution in [2.45, 2.75) is 6.17 Å². The summed E-state index contributed by atoms with van der Waals surface area (Å²) in [6.45, 7) is -0.118. The minimum Gasteiger partial charge on any atom is -0.484 e. The molecule has 1 aliphatic heterocycles. The highest BCUT2D eigenvalue weighted by Gasteiger charge is 2.37. The monoisotopic (exact) mass is 382 g/mol. The van der Waals surface area contributed by atoms with E-state index >= 15 is 0 Å². The first-order valence-corrected chi connectivity index (χ1v) is 8.77. The Hall–Kier alpha value is -3.55. The van der Waals surface area contributed by atoms with Crippen LogP contribution < -0.4 is 20.7 Å². The predicted octanol–water partition coefficient (Wildman–Crippen LogP) is 0.887. The summed E-state index contributed by atoms with van der Waals surface area (Å²) in [5, 5.41) is 2.63. The van der Waals surface area contributed by atoms with Crippen LogP contribution in [0.25, 0.3) is 0 Å². The van der Waals surface area contributed by atoms with Crippen molar-refractivity contribution in [1.29, 1.82) is 0 Å². The molecule has 28 heavy (non-hydrogen) atoms. The molecule has 0 bridgehead atoms. The van der Waals surface area contributed by atoms with E-state index in [1.807, 2.05) is 17.0 Å². The Bertz CT molecular complexity index is 897. The summed E-state index contributed by atoms with van der Waals surface area (Å²) in [5.74, 6) is -0.354. The molecule has 1 atom stereocenters. The molecule has 0 aliphatic carbocycles. The molecule has 3 N–H and O–H groups in total. The van der Waals surface area contributed by atoms with E-state index in [2.05, 4.69) is 5.32 Å². The molecule has 1 aliphatic rings. The minimum absolute atomic E-state index is 0.0930. The second-order valence-electron chi connectivity index (χ2n) is 6.43. The predicted molar refractivity (Wildman–Crippen MR) is 104 cm³/mol. The van der Waals surface area contributed by atoms with Crippen LogP contribution in [0, 0.1) is 0 Å². The Kier molecular flexibility index (Phi) is 5.49. The number of rotatable bonds is 6. The molecule has 0 saturated carbocycles. The van der Waals surface area contributed by atoms with E-state index in [1.165, 1.54) is 0 Å². The second-order valence-corrected chi connectivity index (χ2v) is 6.43. The number of likely N-dealkylation sites (N-methyl/N-ethyl adjacent to an activating group) is 1. The maximum Gasteiger partial charge on any atom is 0.257 e. The van der Waals surface area contributed by atoms with Gasteiger partial charge in [-0.2, -0.15) is 0 Å². The molecule has 3 amide bonds. The van der Waals surface area contributed by atoms with Crippen LogP contribution >= 0.6 is 0 Å². The summed E-state index contributed by atoms with van der Waals surface area (Å²) < 4.78 is 5.29. The second kappa shape index (κ2) is 7.99. The fourth-order valence-electron chi connectivity index (χ4n) is 3.25. The zero-order valence-electron chi connectivity index (χ0n) is 15.7. The van der Waals surface area contributed by atoms with Gasteiger partial charge in [0.1, 0.15) is 11.9 Å². The molecule has 1 unspecified atom stereocenters. The van der Waals surface area contributed by atoms with Crippen LogP contribution in [0.15, 0.2) is 48.5 Å². The molecule has 1 heterocycles. The number of fused-ring (bicyclic) bond motifs is 1. The SMILES string of the molecule is CNC(=O)CN1c2ccccc2C(=O)N(C)C1c1ccc(OCC(N)=O)cc1. The molecule has 8 nitrogen and oxygen atoms in total. The Morgan fingerprint density at radius 1 is 1.14 bits per heavy atom. The molecule has 2 aromatic rings. The van der Waals surface area contributed by atoms with Crippen molar-refractivity contribution in [3.63, 3.8) is 0 Å². The Morgan fingerprint density at radius 2 is 1.82 bits per heavy atom. The van der Waals surface area contributed by atoms with E-state index in [-0.39, 0.29) is 25.0 Å². The van der Waals surface area contributed by atoms with Gasteiger partial charge in [-0.3, -0.25) is 14.4 Å². The number of anilines is 1. The number of nitrogens with one attached hydrogen (secondary N) is 1. The van der Waals surface area contributed by atoms with E-state index in [0.29, 0.717) is 17.0 Å². The molecule has 0 spiro atoms. The average Bonchev–Trinajstić information content (AvgIpc) is 2.71. The van der Waals surface area contributed by atoms with E-state index in [1.54, 1.807) is 55.4 Å². The summed E-state index contributed by atoms with van der Waals surface area (Å²) >= 11 is 0. The van der Waals surface area contributed by atoms with E-state index in [0.717, 1.165) is 5.56 Å². The van der Waals surface area contributed by atoms with E-state index in [9.17, 15) is 14.4 Å². The first-order valence-electron chi connectivity index (χ1n) is 8.77.